The number of piperazine rings is 1. The van der Waals surface area contributed by atoms with Crippen molar-refractivity contribution >= 4 is 15.9 Å². The van der Waals surface area contributed by atoms with Gasteiger partial charge in [-0.25, -0.2) is 0 Å². The van der Waals surface area contributed by atoms with Crippen LogP contribution in [-0.4, -0.2) is 44.7 Å². The number of halogens is 1. The Bertz CT molecular complexity index is 403. The number of aryl methyl sites for hydroxylation is 1. The lowest BCUT2D eigenvalue weighted by Gasteiger charge is -2.27. The first-order valence-electron chi connectivity index (χ1n) is 6.47. The Kier molecular flexibility index (Phi) is 5.03. The van der Waals surface area contributed by atoms with Crippen molar-refractivity contribution in [1.29, 1.82) is 0 Å². The third kappa shape index (κ3) is 3.46. The summed E-state index contributed by atoms with van der Waals surface area (Å²) in [5, 5.41) is 3.38. The summed E-state index contributed by atoms with van der Waals surface area (Å²) in [5.74, 6) is 0.935. The molecule has 1 aromatic carbocycles. The van der Waals surface area contributed by atoms with Crippen LogP contribution in [0.2, 0.25) is 0 Å². The van der Waals surface area contributed by atoms with E-state index in [-0.39, 0.29) is 0 Å². The second kappa shape index (κ2) is 6.55. The fourth-order valence-corrected chi connectivity index (χ4v) is 2.94. The van der Waals surface area contributed by atoms with Crippen molar-refractivity contribution in [1.82, 2.24) is 10.2 Å². The normalized spacial score (nSPS) is 16.8. The van der Waals surface area contributed by atoms with Gasteiger partial charge in [-0.3, -0.25) is 0 Å². The largest absolute Gasteiger partial charge is 0.496 e. The molecule has 18 heavy (non-hydrogen) atoms. The molecule has 2 rings (SSSR count). The van der Waals surface area contributed by atoms with E-state index in [1.54, 1.807) is 7.11 Å². The predicted octanol–water partition coefficient (Wildman–Crippen LogP) is 2.21. The highest BCUT2D eigenvalue weighted by Gasteiger charge is 2.12. The van der Waals surface area contributed by atoms with Gasteiger partial charge in [0.15, 0.2) is 0 Å². The summed E-state index contributed by atoms with van der Waals surface area (Å²) in [6.45, 7) is 7.76. The number of methoxy groups -OCH3 is 1. The fourth-order valence-electron chi connectivity index (χ4n) is 2.35. The number of hydrogen-bond donors (Lipinski definition) is 1. The summed E-state index contributed by atoms with van der Waals surface area (Å²) < 4.78 is 6.49. The van der Waals surface area contributed by atoms with Crippen LogP contribution in [0.3, 0.4) is 0 Å². The van der Waals surface area contributed by atoms with Crippen LogP contribution in [0.25, 0.3) is 0 Å². The van der Waals surface area contributed by atoms with Crippen molar-refractivity contribution in [2.45, 2.75) is 13.3 Å². The van der Waals surface area contributed by atoms with Gasteiger partial charge in [-0.2, -0.15) is 0 Å². The Hall–Kier alpha value is -0.580. The lowest BCUT2D eigenvalue weighted by Crippen LogP contribution is -2.44. The Morgan fingerprint density at radius 1 is 1.33 bits per heavy atom. The van der Waals surface area contributed by atoms with Crippen LogP contribution in [0.15, 0.2) is 16.6 Å². The SMILES string of the molecule is COc1cc(C)cc(CCN2CCNCC2)c1Br. The first-order chi connectivity index (χ1) is 8.70. The van der Waals surface area contributed by atoms with Gasteiger partial charge in [0.2, 0.25) is 0 Å². The minimum Gasteiger partial charge on any atom is -0.496 e. The van der Waals surface area contributed by atoms with E-state index in [0.29, 0.717) is 0 Å². The van der Waals surface area contributed by atoms with E-state index in [2.05, 4.69) is 45.2 Å². The molecule has 0 atom stereocenters. The van der Waals surface area contributed by atoms with Crippen LogP contribution < -0.4 is 10.1 Å². The Balaban J connectivity index is 2.01. The average Bonchev–Trinajstić information content (AvgIpc) is 2.40. The summed E-state index contributed by atoms with van der Waals surface area (Å²) in [6.07, 6.45) is 1.07. The van der Waals surface area contributed by atoms with E-state index in [0.717, 1.165) is 49.4 Å². The standard InChI is InChI=1S/C14H21BrN2O/c1-11-9-12(14(15)13(10-11)18-2)3-6-17-7-4-16-5-8-17/h9-10,16H,3-8H2,1-2H3. The van der Waals surface area contributed by atoms with Gasteiger partial charge in [0.25, 0.3) is 0 Å². The van der Waals surface area contributed by atoms with Crippen LogP contribution in [0.1, 0.15) is 11.1 Å². The van der Waals surface area contributed by atoms with Gasteiger partial charge in [0, 0.05) is 32.7 Å². The van der Waals surface area contributed by atoms with Crippen molar-refractivity contribution in [3.63, 3.8) is 0 Å². The summed E-state index contributed by atoms with van der Waals surface area (Å²) >= 11 is 3.64. The Labute approximate surface area is 118 Å². The highest BCUT2D eigenvalue weighted by molar-refractivity contribution is 9.10. The summed E-state index contributed by atoms with van der Waals surface area (Å²) in [6, 6.07) is 4.31. The summed E-state index contributed by atoms with van der Waals surface area (Å²) in [7, 11) is 1.72. The van der Waals surface area contributed by atoms with Crippen molar-refractivity contribution in [2.75, 3.05) is 39.8 Å². The first kappa shape index (κ1) is 13.8. The molecule has 0 unspecified atom stereocenters. The molecule has 1 aliphatic heterocycles. The smallest absolute Gasteiger partial charge is 0.133 e. The third-order valence-electron chi connectivity index (χ3n) is 3.39. The van der Waals surface area contributed by atoms with Gasteiger partial charge in [0.05, 0.1) is 11.6 Å². The van der Waals surface area contributed by atoms with E-state index in [1.165, 1.54) is 11.1 Å². The topological polar surface area (TPSA) is 24.5 Å². The second-order valence-corrected chi connectivity index (χ2v) is 5.57. The van der Waals surface area contributed by atoms with Crippen LogP contribution in [-0.2, 0) is 6.42 Å². The highest BCUT2D eigenvalue weighted by atomic mass is 79.9. The quantitative estimate of drug-likeness (QED) is 0.922. The molecule has 0 radical (unpaired) electrons. The molecule has 0 spiro atoms. The van der Waals surface area contributed by atoms with E-state index >= 15 is 0 Å². The molecule has 0 amide bonds. The number of benzene rings is 1. The number of hydrogen-bond acceptors (Lipinski definition) is 3. The molecule has 3 nitrogen and oxygen atoms in total. The number of ether oxygens (including phenoxy) is 1. The molecule has 1 aliphatic rings. The minimum atomic E-state index is 0.935. The zero-order chi connectivity index (χ0) is 13.0. The molecule has 0 saturated carbocycles. The number of nitrogens with zero attached hydrogens (tertiary/aromatic N) is 1. The lowest BCUT2D eigenvalue weighted by atomic mass is 10.1. The van der Waals surface area contributed by atoms with Gasteiger partial charge in [-0.05, 0) is 46.5 Å². The highest BCUT2D eigenvalue weighted by Crippen LogP contribution is 2.30. The molecule has 4 heteroatoms. The molecule has 1 saturated heterocycles. The van der Waals surface area contributed by atoms with Gasteiger partial charge in [-0.1, -0.05) is 6.07 Å². The van der Waals surface area contributed by atoms with Crippen molar-refractivity contribution in [3.05, 3.63) is 27.7 Å². The molecular weight excluding hydrogens is 292 g/mol. The monoisotopic (exact) mass is 312 g/mol. The zero-order valence-electron chi connectivity index (χ0n) is 11.1. The predicted molar refractivity (Wildman–Crippen MR) is 78.4 cm³/mol. The van der Waals surface area contributed by atoms with Crippen molar-refractivity contribution in [3.8, 4) is 5.75 Å². The van der Waals surface area contributed by atoms with Crippen LogP contribution in [0.5, 0.6) is 5.75 Å². The maximum atomic E-state index is 5.39. The Morgan fingerprint density at radius 3 is 2.72 bits per heavy atom. The fraction of sp³-hybridized carbons (Fsp3) is 0.571. The van der Waals surface area contributed by atoms with Crippen molar-refractivity contribution in [2.24, 2.45) is 0 Å². The number of rotatable bonds is 4. The van der Waals surface area contributed by atoms with E-state index < -0.39 is 0 Å². The molecule has 1 fully saturated rings. The van der Waals surface area contributed by atoms with E-state index in [9.17, 15) is 0 Å². The molecule has 0 bridgehead atoms. The van der Waals surface area contributed by atoms with Gasteiger partial charge in [-0.15, -0.1) is 0 Å². The number of nitrogens with one attached hydrogen (secondary N) is 1. The summed E-state index contributed by atoms with van der Waals surface area (Å²) in [4.78, 5) is 2.51. The molecule has 1 heterocycles. The third-order valence-corrected chi connectivity index (χ3v) is 4.29. The van der Waals surface area contributed by atoms with E-state index in [1.807, 2.05) is 0 Å². The van der Waals surface area contributed by atoms with Crippen LogP contribution in [0.4, 0.5) is 0 Å². The molecule has 1 N–H and O–H groups in total. The maximum absolute atomic E-state index is 5.39. The van der Waals surface area contributed by atoms with E-state index in [4.69, 9.17) is 4.74 Å². The lowest BCUT2D eigenvalue weighted by molar-refractivity contribution is 0.243. The molecule has 0 aromatic heterocycles. The maximum Gasteiger partial charge on any atom is 0.133 e. The first-order valence-corrected chi connectivity index (χ1v) is 7.26. The average molecular weight is 313 g/mol. The van der Waals surface area contributed by atoms with Crippen LogP contribution in [0, 0.1) is 6.92 Å². The minimum absolute atomic E-state index is 0.935. The Morgan fingerprint density at radius 2 is 2.06 bits per heavy atom. The van der Waals surface area contributed by atoms with Gasteiger partial charge < -0.3 is 15.0 Å². The molecule has 0 aliphatic carbocycles. The van der Waals surface area contributed by atoms with Gasteiger partial charge in [0.1, 0.15) is 5.75 Å². The van der Waals surface area contributed by atoms with Crippen LogP contribution >= 0.6 is 15.9 Å². The molecule has 100 valence electrons. The van der Waals surface area contributed by atoms with Gasteiger partial charge >= 0.3 is 0 Å². The molecular formula is C14H21BrN2O. The zero-order valence-corrected chi connectivity index (χ0v) is 12.7. The van der Waals surface area contributed by atoms with Crippen molar-refractivity contribution < 1.29 is 4.74 Å². The second-order valence-electron chi connectivity index (χ2n) is 4.78. The summed E-state index contributed by atoms with van der Waals surface area (Å²) in [5.41, 5.74) is 2.59. The molecule has 1 aromatic rings.